The molecule has 0 aromatic carbocycles. The van der Waals surface area contributed by atoms with Gasteiger partial charge in [-0.05, 0) is 0 Å². The molecule has 0 unspecified atom stereocenters. The van der Waals surface area contributed by atoms with Gasteiger partial charge in [-0.1, -0.05) is 0 Å². The molecule has 0 aromatic heterocycles. The van der Waals surface area contributed by atoms with Gasteiger partial charge in [0.1, 0.15) is 0 Å². The van der Waals surface area contributed by atoms with E-state index in [9.17, 15) is 0 Å². The molecule has 2 nitrogen and oxygen atoms in total. The van der Waals surface area contributed by atoms with E-state index in [1.807, 2.05) is 0 Å². The molecule has 0 aliphatic rings. The molecule has 0 aliphatic carbocycles. The normalized spacial score (nSPS) is 5.00. The summed E-state index contributed by atoms with van der Waals surface area (Å²) in [4.78, 5) is 8.89. The summed E-state index contributed by atoms with van der Waals surface area (Å²) in [6, 6.07) is 0. The zero-order chi connectivity index (χ0) is 3.58. The predicted molar refractivity (Wildman–Crippen MR) is 21.3 cm³/mol. The SMILES string of the molecule is [CH2]C(=O)O.[H+].[NaH]. The number of rotatable bonds is 0. The van der Waals surface area contributed by atoms with Crippen molar-refractivity contribution in [3.8, 4) is 0 Å². The third-order valence-corrected chi connectivity index (χ3v) is 0. The number of hydrogen-bond donors (Lipinski definition) is 1. The Labute approximate surface area is 54.0 Å². The van der Waals surface area contributed by atoms with Crippen LogP contribution in [0.3, 0.4) is 0 Å². The molecular weight excluding hydrogens is 79.0 g/mol. The average molecular weight is 84.0 g/mol. The third kappa shape index (κ3) is 123. The monoisotopic (exact) mass is 84.0 g/mol. The number of hydrogen-bond acceptors (Lipinski definition) is 1. The van der Waals surface area contributed by atoms with Crippen molar-refractivity contribution in [1.29, 1.82) is 0 Å². The average Bonchev–Trinajstić information content (AvgIpc) is 0.811. The van der Waals surface area contributed by atoms with Gasteiger partial charge >= 0.3 is 37.0 Å². The fourth-order valence-electron chi connectivity index (χ4n) is 0. The van der Waals surface area contributed by atoms with Crippen molar-refractivity contribution >= 4 is 35.5 Å². The molecule has 0 heterocycles. The van der Waals surface area contributed by atoms with E-state index in [1.165, 1.54) is 0 Å². The third-order valence-electron chi connectivity index (χ3n) is 0. The molecule has 0 amide bonds. The van der Waals surface area contributed by atoms with E-state index in [-0.39, 0.29) is 31.0 Å². The molecule has 0 aliphatic heterocycles. The Morgan fingerprint density at radius 2 is 2.00 bits per heavy atom. The van der Waals surface area contributed by atoms with Crippen molar-refractivity contribution in [2.45, 2.75) is 0 Å². The maximum atomic E-state index is 8.89. The van der Waals surface area contributed by atoms with Crippen molar-refractivity contribution in [2.75, 3.05) is 0 Å². The molecule has 0 fully saturated rings. The van der Waals surface area contributed by atoms with Gasteiger partial charge in [-0.25, -0.2) is 0 Å². The van der Waals surface area contributed by atoms with Crippen molar-refractivity contribution in [2.24, 2.45) is 0 Å². The topological polar surface area (TPSA) is 37.3 Å². The van der Waals surface area contributed by atoms with Gasteiger partial charge in [-0.3, -0.25) is 4.79 Å². The van der Waals surface area contributed by atoms with E-state index in [0.717, 1.165) is 0 Å². The predicted octanol–water partition coefficient (Wildman–Crippen LogP) is -0.631. The first-order chi connectivity index (χ1) is 1.73. The minimum atomic E-state index is -1.08. The second kappa shape index (κ2) is 4.47. The van der Waals surface area contributed by atoms with Crippen LogP contribution in [0.25, 0.3) is 0 Å². The molecule has 3 heteroatoms. The Balaban J connectivity index is -0.0000000450. The van der Waals surface area contributed by atoms with E-state index in [2.05, 4.69) is 6.92 Å². The van der Waals surface area contributed by atoms with Gasteiger partial charge in [-0.15, -0.1) is 0 Å². The summed E-state index contributed by atoms with van der Waals surface area (Å²) < 4.78 is 0. The summed E-state index contributed by atoms with van der Waals surface area (Å²) in [7, 11) is 0. The van der Waals surface area contributed by atoms with Crippen molar-refractivity contribution in [1.82, 2.24) is 0 Å². The molecule has 0 saturated carbocycles. The van der Waals surface area contributed by atoms with E-state index >= 15 is 0 Å². The van der Waals surface area contributed by atoms with E-state index in [1.54, 1.807) is 0 Å². The van der Waals surface area contributed by atoms with E-state index < -0.39 is 5.97 Å². The van der Waals surface area contributed by atoms with E-state index in [4.69, 9.17) is 9.90 Å². The summed E-state index contributed by atoms with van der Waals surface area (Å²) in [5, 5.41) is 7.31. The molecule has 0 spiro atoms. The van der Waals surface area contributed by atoms with E-state index in [0.29, 0.717) is 0 Å². The Bertz CT molecular complexity index is 34.5. The number of carboxylic acid groups (broad SMARTS) is 1. The van der Waals surface area contributed by atoms with Crippen LogP contribution in [0.5, 0.6) is 0 Å². The molecule has 0 aromatic rings. The minimum absolute atomic E-state index is 0. The zero-order valence-electron chi connectivity index (χ0n) is 3.06. The molecule has 0 rings (SSSR count). The fourth-order valence-corrected chi connectivity index (χ4v) is 0. The molecule has 1 N–H and O–H groups in total. The van der Waals surface area contributed by atoms with Gasteiger partial charge in [0.2, 0.25) is 0 Å². The van der Waals surface area contributed by atoms with Gasteiger partial charge < -0.3 is 5.11 Å². The van der Waals surface area contributed by atoms with Crippen LogP contribution in [-0.4, -0.2) is 40.6 Å². The zero-order valence-corrected chi connectivity index (χ0v) is 2.06. The Kier molecular flexibility index (Phi) is 8.11. The molecule has 0 atom stereocenters. The van der Waals surface area contributed by atoms with Crippen molar-refractivity contribution in [3.63, 3.8) is 0 Å². The van der Waals surface area contributed by atoms with Crippen LogP contribution >= 0.6 is 0 Å². The second-order valence-corrected chi connectivity index (χ2v) is 0.394. The van der Waals surface area contributed by atoms with Crippen molar-refractivity contribution < 1.29 is 11.3 Å². The van der Waals surface area contributed by atoms with Crippen LogP contribution in [0.4, 0.5) is 0 Å². The quantitative estimate of drug-likeness (QED) is 0.397. The standard InChI is InChI=1S/C2H3O2.Na.H/c1-2(3)4;;/h1H2,(H,3,4);;/p+1. The summed E-state index contributed by atoms with van der Waals surface area (Å²) in [6.07, 6.45) is 0. The molecule has 5 heavy (non-hydrogen) atoms. The van der Waals surface area contributed by atoms with Crippen LogP contribution < -0.4 is 0 Å². The first-order valence-electron chi connectivity index (χ1n) is 0.781. The molecule has 25 valence electrons. The first-order valence-corrected chi connectivity index (χ1v) is 0.781. The van der Waals surface area contributed by atoms with Crippen molar-refractivity contribution in [3.05, 3.63) is 6.92 Å². The van der Waals surface area contributed by atoms with Crippen LogP contribution in [0.1, 0.15) is 1.43 Å². The van der Waals surface area contributed by atoms with Gasteiger partial charge in [0.25, 0.3) is 0 Å². The van der Waals surface area contributed by atoms with Crippen LogP contribution in [0.15, 0.2) is 0 Å². The van der Waals surface area contributed by atoms with Crippen LogP contribution in [-0.2, 0) is 4.79 Å². The van der Waals surface area contributed by atoms with Gasteiger partial charge in [0.15, 0.2) is 0 Å². The Hall–Kier alpha value is 0.470. The van der Waals surface area contributed by atoms with Gasteiger partial charge in [0.05, 0.1) is 6.92 Å². The first kappa shape index (κ1) is 9.08. The maximum absolute atomic E-state index is 8.89. The molecular formula is C2H5NaO2+. The Morgan fingerprint density at radius 1 is 2.00 bits per heavy atom. The van der Waals surface area contributed by atoms with Crippen LogP contribution in [0.2, 0.25) is 0 Å². The number of carboxylic acids is 1. The molecule has 0 bridgehead atoms. The Morgan fingerprint density at radius 3 is 2.00 bits per heavy atom. The number of aliphatic carboxylic acids is 1. The summed E-state index contributed by atoms with van der Waals surface area (Å²) in [5.41, 5.74) is 0. The molecule has 1 radical (unpaired) electrons. The summed E-state index contributed by atoms with van der Waals surface area (Å²) in [5.74, 6) is -1.08. The van der Waals surface area contributed by atoms with Gasteiger partial charge in [-0.2, -0.15) is 0 Å². The van der Waals surface area contributed by atoms with Crippen LogP contribution in [0, 0.1) is 6.92 Å². The molecule has 0 saturated heterocycles. The fraction of sp³-hybridized carbons (Fsp3) is 0. The second-order valence-electron chi connectivity index (χ2n) is 0.394. The van der Waals surface area contributed by atoms with Gasteiger partial charge in [0, 0.05) is 0 Å². The summed E-state index contributed by atoms with van der Waals surface area (Å²) in [6.45, 7) is 2.56. The number of carbonyl (C=O) groups is 1. The summed E-state index contributed by atoms with van der Waals surface area (Å²) >= 11 is 0.